The predicted molar refractivity (Wildman–Crippen MR) is 136 cm³/mol. The Hall–Kier alpha value is -4.18. The van der Waals surface area contributed by atoms with Gasteiger partial charge in [-0.05, 0) is 72.8 Å². The van der Waals surface area contributed by atoms with Crippen LogP contribution in [0, 0.1) is 0 Å². The molecule has 6 nitrogen and oxygen atoms in total. The highest BCUT2D eigenvalue weighted by atomic mass is 27.0. The molecule has 7 heteroatoms. The molecule has 165 valence electrons. The van der Waals surface area contributed by atoms with Gasteiger partial charge in [0.05, 0.1) is 16.6 Å². The molecule has 0 unspecified atom stereocenters. The second-order valence-corrected chi connectivity index (χ2v) is 7.04. The largest absolute Gasteiger partial charge is 0.507 e. The van der Waals surface area contributed by atoms with Crippen molar-refractivity contribution in [3.8, 4) is 17.2 Å². The molecule has 0 saturated carbocycles. The average Bonchev–Trinajstić information content (AvgIpc) is 2.86. The highest BCUT2D eigenvalue weighted by molar-refractivity contribution is 5.85. The zero-order chi connectivity index (χ0) is 23.0. The maximum absolute atomic E-state index is 9.33. The number of nitrogens with zero attached hydrogens (tertiary/aromatic N) is 3. The van der Waals surface area contributed by atoms with Gasteiger partial charge in [-0.1, -0.05) is 18.2 Å². The average molecular weight is 462 g/mol. The van der Waals surface area contributed by atoms with Gasteiger partial charge < -0.3 is 15.3 Å². The first kappa shape index (κ1) is 24.5. The molecule has 3 N–H and O–H groups in total. The maximum atomic E-state index is 9.33. The van der Waals surface area contributed by atoms with Gasteiger partial charge in [0.2, 0.25) is 0 Å². The number of hydrogen-bond acceptors (Lipinski definition) is 6. The molecule has 6 aromatic rings. The van der Waals surface area contributed by atoms with Gasteiger partial charge in [0.15, 0.2) is 0 Å². The lowest BCUT2D eigenvalue weighted by atomic mass is 10.2. The molecular weight excluding hydrogens is 441 g/mol. The van der Waals surface area contributed by atoms with E-state index in [2.05, 4.69) is 15.0 Å². The number of benzene rings is 3. The third-order valence-electron chi connectivity index (χ3n) is 4.87. The SMILES string of the molecule is Oc1cccc2ncccc12.Oc1cccc2ncccc12.Oc1cccc2ncccc12.[Al]. The van der Waals surface area contributed by atoms with Crippen LogP contribution in [0.5, 0.6) is 17.2 Å². The van der Waals surface area contributed by atoms with Gasteiger partial charge in [-0.25, -0.2) is 0 Å². The third-order valence-corrected chi connectivity index (χ3v) is 4.87. The van der Waals surface area contributed by atoms with Crippen molar-refractivity contribution in [2.24, 2.45) is 0 Å². The van der Waals surface area contributed by atoms with E-state index in [1.807, 2.05) is 54.6 Å². The number of aromatic nitrogens is 3. The van der Waals surface area contributed by atoms with Crippen molar-refractivity contribution in [2.45, 2.75) is 0 Å². The molecule has 6 rings (SSSR count). The van der Waals surface area contributed by atoms with Crippen molar-refractivity contribution < 1.29 is 15.3 Å². The predicted octanol–water partition coefficient (Wildman–Crippen LogP) is 5.44. The molecule has 3 heterocycles. The summed E-state index contributed by atoms with van der Waals surface area (Å²) in [6.07, 6.45) is 5.13. The molecule has 0 aliphatic carbocycles. The molecular formula is C27H21AlN3O3. The number of hydrogen-bond donors (Lipinski definition) is 3. The Kier molecular flexibility index (Phi) is 8.36. The van der Waals surface area contributed by atoms with Crippen molar-refractivity contribution in [3.63, 3.8) is 0 Å². The van der Waals surface area contributed by atoms with Gasteiger partial charge >= 0.3 is 0 Å². The summed E-state index contributed by atoms with van der Waals surface area (Å²) in [7, 11) is 0. The molecule has 0 atom stereocenters. The Labute approximate surface area is 207 Å². The maximum Gasteiger partial charge on any atom is 0.124 e. The summed E-state index contributed by atoms with van der Waals surface area (Å²) in [5, 5.41) is 30.4. The van der Waals surface area contributed by atoms with E-state index >= 15 is 0 Å². The summed E-state index contributed by atoms with van der Waals surface area (Å²) in [6, 6.07) is 26.9. The minimum absolute atomic E-state index is 0. The first-order valence-electron chi connectivity index (χ1n) is 10.2. The standard InChI is InChI=1S/3C9H7NO.Al/c3*11-9-5-1-4-8-7(9)3-2-6-10-8;/h3*1-6,11H;. The lowest BCUT2D eigenvalue weighted by Crippen LogP contribution is -1.75. The van der Waals surface area contributed by atoms with E-state index in [1.165, 1.54) is 0 Å². The van der Waals surface area contributed by atoms with Crippen LogP contribution < -0.4 is 0 Å². The van der Waals surface area contributed by atoms with Crippen molar-refractivity contribution in [1.29, 1.82) is 0 Å². The smallest absolute Gasteiger partial charge is 0.124 e. The van der Waals surface area contributed by atoms with E-state index in [9.17, 15) is 15.3 Å². The molecule has 3 aromatic carbocycles. The summed E-state index contributed by atoms with van der Waals surface area (Å²) in [5.41, 5.74) is 2.48. The van der Waals surface area contributed by atoms with Gasteiger partial charge in [0.1, 0.15) is 17.2 Å². The van der Waals surface area contributed by atoms with Crippen LogP contribution >= 0.6 is 0 Å². The fourth-order valence-electron chi connectivity index (χ4n) is 3.26. The summed E-state index contributed by atoms with van der Waals surface area (Å²) < 4.78 is 0. The zero-order valence-electron chi connectivity index (χ0n) is 18.2. The van der Waals surface area contributed by atoms with Crippen LogP contribution in [0.15, 0.2) is 110 Å². The van der Waals surface area contributed by atoms with E-state index < -0.39 is 0 Å². The normalized spacial score (nSPS) is 9.88. The molecule has 0 amide bonds. The van der Waals surface area contributed by atoms with Gasteiger partial charge in [-0.3, -0.25) is 15.0 Å². The molecule has 3 aromatic heterocycles. The Morgan fingerprint density at radius 3 is 0.941 bits per heavy atom. The van der Waals surface area contributed by atoms with Crippen LogP contribution in [0.1, 0.15) is 0 Å². The second kappa shape index (κ2) is 11.6. The number of phenols is 3. The number of rotatable bonds is 0. The number of phenolic OH excluding ortho intramolecular Hbond substituents is 3. The van der Waals surface area contributed by atoms with Crippen LogP contribution in [0.3, 0.4) is 0 Å². The topological polar surface area (TPSA) is 99.4 Å². The lowest BCUT2D eigenvalue weighted by Gasteiger charge is -1.96. The molecule has 0 saturated heterocycles. The van der Waals surface area contributed by atoms with Crippen LogP contribution in [-0.2, 0) is 0 Å². The van der Waals surface area contributed by atoms with Crippen LogP contribution in [0.2, 0.25) is 0 Å². The Morgan fingerprint density at radius 1 is 0.382 bits per heavy atom. The Morgan fingerprint density at radius 2 is 0.676 bits per heavy atom. The molecule has 3 radical (unpaired) electrons. The molecule has 34 heavy (non-hydrogen) atoms. The second-order valence-electron chi connectivity index (χ2n) is 7.04. The van der Waals surface area contributed by atoms with Gasteiger partial charge in [-0.2, -0.15) is 0 Å². The van der Waals surface area contributed by atoms with Gasteiger partial charge in [0.25, 0.3) is 0 Å². The molecule has 0 aliphatic heterocycles. The summed E-state index contributed by atoms with van der Waals surface area (Å²) >= 11 is 0. The van der Waals surface area contributed by atoms with Crippen LogP contribution in [-0.4, -0.2) is 47.6 Å². The van der Waals surface area contributed by atoms with Crippen molar-refractivity contribution in [2.75, 3.05) is 0 Å². The van der Waals surface area contributed by atoms with E-state index in [0.29, 0.717) is 0 Å². The Balaban J connectivity index is 0.000000141. The van der Waals surface area contributed by atoms with Crippen molar-refractivity contribution in [3.05, 3.63) is 110 Å². The molecule has 0 fully saturated rings. The van der Waals surface area contributed by atoms with E-state index in [-0.39, 0.29) is 34.6 Å². The molecule has 0 aliphatic rings. The quantitative estimate of drug-likeness (QED) is 0.260. The number of aromatic hydroxyl groups is 3. The number of fused-ring (bicyclic) bond motifs is 3. The van der Waals surface area contributed by atoms with E-state index in [1.54, 1.807) is 55.0 Å². The first-order chi connectivity index (χ1) is 16.1. The molecule has 0 bridgehead atoms. The van der Waals surface area contributed by atoms with Gasteiger partial charge in [-0.15, -0.1) is 0 Å². The highest BCUT2D eigenvalue weighted by Gasteiger charge is 1.97. The number of pyridine rings is 3. The lowest BCUT2D eigenvalue weighted by molar-refractivity contribution is 0.481. The van der Waals surface area contributed by atoms with Crippen molar-refractivity contribution >= 4 is 50.1 Å². The highest BCUT2D eigenvalue weighted by Crippen LogP contribution is 2.22. The fraction of sp³-hybridized carbons (Fsp3) is 0. The van der Waals surface area contributed by atoms with Crippen LogP contribution in [0.25, 0.3) is 32.7 Å². The minimum Gasteiger partial charge on any atom is -0.507 e. The monoisotopic (exact) mass is 462 g/mol. The van der Waals surface area contributed by atoms with E-state index in [4.69, 9.17) is 0 Å². The molecule has 0 spiro atoms. The van der Waals surface area contributed by atoms with Crippen LogP contribution in [0.4, 0.5) is 0 Å². The zero-order valence-corrected chi connectivity index (χ0v) is 19.3. The minimum atomic E-state index is 0. The van der Waals surface area contributed by atoms with E-state index in [0.717, 1.165) is 32.7 Å². The van der Waals surface area contributed by atoms with Gasteiger partial charge in [0, 0.05) is 52.1 Å². The Bertz CT molecular complexity index is 1330. The summed E-state index contributed by atoms with van der Waals surface area (Å²) in [4.78, 5) is 12.2. The summed E-state index contributed by atoms with van der Waals surface area (Å²) in [5.74, 6) is 0.863. The summed E-state index contributed by atoms with van der Waals surface area (Å²) in [6.45, 7) is 0. The fourth-order valence-corrected chi connectivity index (χ4v) is 3.26. The third kappa shape index (κ3) is 5.79. The van der Waals surface area contributed by atoms with Crippen molar-refractivity contribution in [1.82, 2.24) is 15.0 Å². The first-order valence-corrected chi connectivity index (χ1v) is 10.2.